The van der Waals surface area contributed by atoms with Crippen LogP contribution in [-0.2, 0) is 9.84 Å². The lowest BCUT2D eigenvalue weighted by molar-refractivity contribution is 0.602. The Morgan fingerprint density at radius 1 is 1.00 bits per heavy atom. The lowest BCUT2D eigenvalue weighted by Crippen LogP contribution is -1.96. The van der Waals surface area contributed by atoms with Gasteiger partial charge < -0.3 is 0 Å². The molecule has 0 aliphatic carbocycles. The van der Waals surface area contributed by atoms with Crippen LogP contribution >= 0.6 is 0 Å². The fourth-order valence-corrected chi connectivity index (χ4v) is 2.33. The number of sulfone groups is 1. The van der Waals surface area contributed by atoms with Crippen LogP contribution in [0.3, 0.4) is 0 Å². The van der Waals surface area contributed by atoms with E-state index in [2.05, 4.69) is 4.85 Å². The minimum atomic E-state index is -3.18. The molecular weight excluding hydrogens is 246 g/mol. The molecule has 0 aromatic heterocycles. The van der Waals surface area contributed by atoms with E-state index in [1.54, 1.807) is 30.3 Å². The van der Waals surface area contributed by atoms with Crippen molar-refractivity contribution >= 4 is 15.5 Å². The van der Waals surface area contributed by atoms with E-state index in [9.17, 15) is 8.42 Å². The largest absolute Gasteiger partial charge is 0.238 e. The van der Waals surface area contributed by atoms with Crippen LogP contribution < -0.4 is 0 Å². The fourth-order valence-electron chi connectivity index (χ4n) is 1.70. The monoisotopic (exact) mass is 257 g/mol. The van der Waals surface area contributed by atoms with Gasteiger partial charge in [0.15, 0.2) is 15.5 Å². The molecule has 0 saturated carbocycles. The smallest absolute Gasteiger partial charge is 0.194 e. The number of hydrogen-bond acceptors (Lipinski definition) is 2. The lowest BCUT2D eigenvalue weighted by atomic mass is 10.0. The molecule has 0 unspecified atom stereocenters. The van der Waals surface area contributed by atoms with Gasteiger partial charge in [-0.05, 0) is 23.3 Å². The van der Waals surface area contributed by atoms with Crippen molar-refractivity contribution in [1.82, 2.24) is 0 Å². The standard InChI is InChI=1S/C14H11NO2S/c1-15-14-6-4-3-5-13(14)11-7-9-12(10-8-11)18(2,16)17/h3-10H,2H3. The summed E-state index contributed by atoms with van der Waals surface area (Å²) in [5, 5.41) is 0. The predicted molar refractivity (Wildman–Crippen MR) is 71.2 cm³/mol. The lowest BCUT2D eigenvalue weighted by Gasteiger charge is -2.05. The minimum Gasteiger partial charge on any atom is -0.238 e. The van der Waals surface area contributed by atoms with Crippen LogP contribution in [0, 0.1) is 6.57 Å². The number of para-hydroxylation sites is 1. The molecule has 0 heterocycles. The first-order valence-electron chi connectivity index (χ1n) is 5.29. The average Bonchev–Trinajstić information content (AvgIpc) is 2.38. The van der Waals surface area contributed by atoms with Crippen molar-refractivity contribution in [2.45, 2.75) is 4.90 Å². The van der Waals surface area contributed by atoms with Crippen molar-refractivity contribution in [2.75, 3.05) is 6.26 Å². The Labute approximate surface area is 106 Å². The average molecular weight is 257 g/mol. The van der Waals surface area contributed by atoms with E-state index in [1.807, 2.05) is 18.2 Å². The second-order valence-corrected chi connectivity index (χ2v) is 5.94. The normalized spacial score (nSPS) is 10.9. The van der Waals surface area contributed by atoms with E-state index in [0.717, 1.165) is 11.1 Å². The Hall–Kier alpha value is -2.12. The summed E-state index contributed by atoms with van der Waals surface area (Å²) < 4.78 is 22.7. The van der Waals surface area contributed by atoms with Gasteiger partial charge in [-0.3, -0.25) is 0 Å². The topological polar surface area (TPSA) is 38.5 Å². The van der Waals surface area contributed by atoms with Gasteiger partial charge in [0.05, 0.1) is 11.5 Å². The summed E-state index contributed by atoms with van der Waals surface area (Å²) in [5.74, 6) is 0. The van der Waals surface area contributed by atoms with E-state index in [4.69, 9.17) is 6.57 Å². The molecule has 4 heteroatoms. The van der Waals surface area contributed by atoms with Crippen LogP contribution in [0.4, 0.5) is 5.69 Å². The highest BCUT2D eigenvalue weighted by Gasteiger charge is 2.08. The number of benzene rings is 2. The maximum Gasteiger partial charge on any atom is 0.194 e. The predicted octanol–water partition coefficient (Wildman–Crippen LogP) is 3.31. The van der Waals surface area contributed by atoms with E-state index < -0.39 is 9.84 Å². The maximum atomic E-state index is 11.4. The molecule has 0 N–H and O–H groups in total. The molecule has 2 aromatic rings. The van der Waals surface area contributed by atoms with Crippen LogP contribution in [0.15, 0.2) is 53.4 Å². The second kappa shape index (κ2) is 4.63. The van der Waals surface area contributed by atoms with Crippen LogP contribution in [0.5, 0.6) is 0 Å². The summed E-state index contributed by atoms with van der Waals surface area (Å²) in [6.07, 6.45) is 1.18. The van der Waals surface area contributed by atoms with Crippen molar-refractivity contribution in [3.63, 3.8) is 0 Å². The highest BCUT2D eigenvalue weighted by atomic mass is 32.2. The third-order valence-electron chi connectivity index (χ3n) is 2.62. The molecule has 2 rings (SSSR count). The summed E-state index contributed by atoms with van der Waals surface area (Å²) in [4.78, 5) is 3.73. The third kappa shape index (κ3) is 2.41. The van der Waals surface area contributed by atoms with Crippen LogP contribution in [-0.4, -0.2) is 14.7 Å². The Morgan fingerprint density at radius 2 is 1.61 bits per heavy atom. The van der Waals surface area contributed by atoms with Gasteiger partial charge in [-0.15, -0.1) is 0 Å². The van der Waals surface area contributed by atoms with Crippen LogP contribution in [0.2, 0.25) is 0 Å². The van der Waals surface area contributed by atoms with Gasteiger partial charge in [0.1, 0.15) is 0 Å². The Morgan fingerprint density at radius 3 is 2.17 bits per heavy atom. The summed E-state index contributed by atoms with van der Waals surface area (Å²) in [6, 6.07) is 13.8. The summed E-state index contributed by atoms with van der Waals surface area (Å²) in [6.45, 7) is 7.10. The van der Waals surface area contributed by atoms with Gasteiger partial charge in [0.2, 0.25) is 0 Å². The van der Waals surface area contributed by atoms with Crippen molar-refractivity contribution in [3.8, 4) is 11.1 Å². The molecular formula is C14H11NO2S. The highest BCUT2D eigenvalue weighted by molar-refractivity contribution is 7.90. The first kappa shape index (κ1) is 12.3. The molecule has 18 heavy (non-hydrogen) atoms. The molecule has 0 aliphatic heterocycles. The Kier molecular flexibility index (Phi) is 3.17. The van der Waals surface area contributed by atoms with E-state index in [1.165, 1.54) is 6.26 Å². The SMILES string of the molecule is [C-]#[N+]c1ccccc1-c1ccc(S(C)(=O)=O)cc1. The van der Waals surface area contributed by atoms with E-state index in [0.29, 0.717) is 5.69 Å². The number of hydrogen-bond donors (Lipinski definition) is 0. The molecule has 2 aromatic carbocycles. The van der Waals surface area contributed by atoms with Gasteiger partial charge in [-0.1, -0.05) is 36.4 Å². The second-order valence-electron chi connectivity index (χ2n) is 3.93. The van der Waals surface area contributed by atoms with Crippen molar-refractivity contribution in [3.05, 3.63) is 59.9 Å². The fraction of sp³-hybridized carbons (Fsp3) is 0.0714. The Balaban J connectivity index is 2.51. The van der Waals surface area contributed by atoms with Gasteiger partial charge in [0, 0.05) is 6.26 Å². The molecule has 90 valence electrons. The Bertz CT molecular complexity index is 710. The van der Waals surface area contributed by atoms with Crippen molar-refractivity contribution in [1.29, 1.82) is 0 Å². The van der Waals surface area contributed by atoms with Crippen molar-refractivity contribution in [2.24, 2.45) is 0 Å². The zero-order chi connectivity index (χ0) is 13.2. The zero-order valence-electron chi connectivity index (χ0n) is 9.79. The van der Waals surface area contributed by atoms with Gasteiger partial charge >= 0.3 is 0 Å². The quantitative estimate of drug-likeness (QED) is 0.774. The maximum absolute atomic E-state index is 11.4. The molecule has 0 radical (unpaired) electrons. The van der Waals surface area contributed by atoms with E-state index >= 15 is 0 Å². The summed E-state index contributed by atoms with van der Waals surface area (Å²) in [7, 11) is -3.18. The number of nitrogens with zero attached hydrogens (tertiary/aromatic N) is 1. The highest BCUT2D eigenvalue weighted by Crippen LogP contribution is 2.30. The zero-order valence-corrected chi connectivity index (χ0v) is 10.6. The molecule has 0 fully saturated rings. The van der Waals surface area contributed by atoms with Gasteiger partial charge in [-0.25, -0.2) is 13.3 Å². The first-order chi connectivity index (χ1) is 8.52. The molecule has 3 nitrogen and oxygen atoms in total. The molecule has 0 saturated heterocycles. The summed E-state index contributed by atoms with van der Waals surface area (Å²) in [5.41, 5.74) is 2.21. The molecule has 0 aliphatic rings. The van der Waals surface area contributed by atoms with Crippen LogP contribution in [0.25, 0.3) is 16.0 Å². The minimum absolute atomic E-state index is 0.284. The molecule has 0 spiro atoms. The van der Waals surface area contributed by atoms with Crippen molar-refractivity contribution < 1.29 is 8.42 Å². The third-order valence-corrected chi connectivity index (χ3v) is 3.75. The van der Waals surface area contributed by atoms with Gasteiger partial charge in [-0.2, -0.15) is 0 Å². The van der Waals surface area contributed by atoms with Gasteiger partial charge in [0.25, 0.3) is 0 Å². The van der Waals surface area contributed by atoms with E-state index in [-0.39, 0.29) is 4.90 Å². The first-order valence-corrected chi connectivity index (χ1v) is 7.18. The molecule has 0 bridgehead atoms. The van der Waals surface area contributed by atoms with Crippen LogP contribution in [0.1, 0.15) is 0 Å². The molecule has 0 atom stereocenters. The summed E-state index contributed by atoms with van der Waals surface area (Å²) >= 11 is 0. The number of rotatable bonds is 2. The molecule has 0 amide bonds.